The number of likely N-dealkylation sites (N-methyl/N-ethyl adjacent to an activating group) is 1. The standard InChI is InChI=1S/C36H32ClFN8O2/c1-22(38)34(47)46-16-15-44(19-24(46)10-13-39)33-31-29(41-35(42-33)45-20-36(21-45,12-14-40)43(2)3)18-27(26-11-17-48-32(26)31)25-8-4-6-23-7-5-9-28(37)30(23)25/h4-9,11,17-18,24H,1,10,12,15-16,19-21H2,2-3H3. The smallest absolute Gasteiger partial charge is 0.282 e. The van der Waals surface area contributed by atoms with Gasteiger partial charge in [0.05, 0.1) is 53.7 Å². The first-order chi connectivity index (χ1) is 23.2. The zero-order valence-electron chi connectivity index (χ0n) is 26.6. The number of rotatable bonds is 7. The molecule has 0 aliphatic carbocycles. The Bertz CT molecular complexity index is 2190. The molecule has 2 aliphatic heterocycles. The number of carbonyl (C=O) groups is 1. The van der Waals surface area contributed by atoms with E-state index in [-0.39, 0.29) is 25.0 Å². The minimum atomic E-state index is -1.06. The van der Waals surface area contributed by atoms with E-state index < -0.39 is 17.8 Å². The number of amides is 1. The molecule has 0 spiro atoms. The fourth-order valence-corrected chi connectivity index (χ4v) is 7.36. The van der Waals surface area contributed by atoms with Crippen molar-refractivity contribution in [3.8, 4) is 23.3 Å². The number of hydrogen-bond acceptors (Lipinski definition) is 9. The Hall–Kier alpha value is -5.23. The number of furan rings is 1. The van der Waals surface area contributed by atoms with Crippen LogP contribution in [0.1, 0.15) is 12.8 Å². The fourth-order valence-electron chi connectivity index (χ4n) is 7.07. The van der Waals surface area contributed by atoms with Crippen molar-refractivity contribution in [2.24, 2.45) is 0 Å². The molecule has 10 nitrogen and oxygen atoms in total. The highest BCUT2D eigenvalue weighted by Crippen LogP contribution is 2.44. The summed E-state index contributed by atoms with van der Waals surface area (Å²) < 4.78 is 20.2. The van der Waals surface area contributed by atoms with Crippen molar-refractivity contribution in [2.45, 2.75) is 24.4 Å². The summed E-state index contributed by atoms with van der Waals surface area (Å²) >= 11 is 6.78. The normalized spacial score (nSPS) is 17.5. The Morgan fingerprint density at radius 1 is 1.08 bits per heavy atom. The number of nitrogens with zero attached hydrogens (tertiary/aromatic N) is 8. The Morgan fingerprint density at radius 3 is 2.56 bits per heavy atom. The number of anilines is 2. The molecule has 0 bridgehead atoms. The molecule has 1 unspecified atom stereocenters. The van der Waals surface area contributed by atoms with Gasteiger partial charge >= 0.3 is 0 Å². The second-order valence-corrected chi connectivity index (χ2v) is 13.1. The van der Waals surface area contributed by atoms with Crippen LogP contribution in [-0.2, 0) is 4.79 Å². The van der Waals surface area contributed by atoms with Gasteiger partial charge in [-0.1, -0.05) is 48.5 Å². The average molecular weight is 663 g/mol. The first-order valence-electron chi connectivity index (χ1n) is 15.6. The molecule has 1 amide bonds. The molecule has 0 N–H and O–H groups in total. The first kappa shape index (κ1) is 31.4. The van der Waals surface area contributed by atoms with Crippen molar-refractivity contribution in [1.82, 2.24) is 19.8 Å². The highest BCUT2D eigenvalue weighted by atomic mass is 35.5. The third kappa shape index (κ3) is 5.07. The van der Waals surface area contributed by atoms with E-state index >= 15 is 0 Å². The van der Waals surface area contributed by atoms with Gasteiger partial charge in [-0.3, -0.25) is 9.69 Å². The van der Waals surface area contributed by atoms with Crippen molar-refractivity contribution in [3.63, 3.8) is 0 Å². The summed E-state index contributed by atoms with van der Waals surface area (Å²) in [5, 5.41) is 23.3. The SMILES string of the molecule is C=C(F)C(=O)N1CCN(c2nc(N3CC(CC#N)(N(C)C)C3)nc3cc(-c4cccc5cccc(Cl)c45)c4ccoc4c23)CC1CC#N. The van der Waals surface area contributed by atoms with Gasteiger partial charge in [-0.05, 0) is 48.8 Å². The second kappa shape index (κ2) is 12.1. The molecule has 4 heterocycles. The van der Waals surface area contributed by atoms with Gasteiger partial charge in [0.2, 0.25) is 5.95 Å². The summed E-state index contributed by atoms with van der Waals surface area (Å²) in [5.41, 5.74) is 2.74. The van der Waals surface area contributed by atoms with E-state index in [2.05, 4.69) is 28.5 Å². The molecule has 48 heavy (non-hydrogen) atoms. The van der Waals surface area contributed by atoms with Gasteiger partial charge in [-0.15, -0.1) is 0 Å². The van der Waals surface area contributed by atoms with Crippen LogP contribution in [0.15, 0.2) is 71.6 Å². The topological polar surface area (TPSA) is 117 Å². The number of carbonyl (C=O) groups excluding carboxylic acids is 1. The van der Waals surface area contributed by atoms with Gasteiger partial charge < -0.3 is 19.1 Å². The Balaban J connectivity index is 1.42. The minimum absolute atomic E-state index is 0.0131. The molecule has 0 saturated carbocycles. The van der Waals surface area contributed by atoms with E-state index in [0.29, 0.717) is 59.3 Å². The maximum atomic E-state index is 14.0. The van der Waals surface area contributed by atoms with Crippen LogP contribution in [0.4, 0.5) is 16.2 Å². The third-order valence-electron chi connectivity index (χ3n) is 9.73. The Labute approximate surface area is 281 Å². The van der Waals surface area contributed by atoms with E-state index in [1.54, 1.807) is 6.26 Å². The second-order valence-electron chi connectivity index (χ2n) is 12.6. The largest absolute Gasteiger partial charge is 0.463 e. The zero-order valence-corrected chi connectivity index (χ0v) is 27.3. The lowest BCUT2D eigenvalue weighted by molar-refractivity contribution is -0.131. The quantitative estimate of drug-likeness (QED) is 0.185. The molecule has 242 valence electrons. The number of benzene rings is 3. The number of fused-ring (bicyclic) bond motifs is 4. The monoisotopic (exact) mass is 662 g/mol. The van der Waals surface area contributed by atoms with Gasteiger partial charge in [0.25, 0.3) is 5.91 Å². The molecule has 0 radical (unpaired) electrons. The number of nitriles is 2. The summed E-state index contributed by atoms with van der Waals surface area (Å²) in [6, 6.07) is 19.7. The molecule has 2 aliphatic rings. The molecule has 12 heteroatoms. The average Bonchev–Trinajstić information content (AvgIpc) is 3.55. The van der Waals surface area contributed by atoms with Crippen LogP contribution in [0, 0.1) is 22.7 Å². The van der Waals surface area contributed by atoms with Crippen LogP contribution in [0.3, 0.4) is 0 Å². The number of aromatic nitrogens is 2. The lowest BCUT2D eigenvalue weighted by atomic mass is 9.86. The summed E-state index contributed by atoms with van der Waals surface area (Å²) in [7, 11) is 3.94. The van der Waals surface area contributed by atoms with E-state index in [1.165, 1.54) is 4.90 Å². The number of halogens is 2. The van der Waals surface area contributed by atoms with E-state index in [9.17, 15) is 19.7 Å². The van der Waals surface area contributed by atoms with E-state index in [4.69, 9.17) is 26.0 Å². The van der Waals surface area contributed by atoms with Crippen molar-refractivity contribution in [3.05, 3.63) is 72.2 Å². The van der Waals surface area contributed by atoms with Gasteiger partial charge in [0, 0.05) is 48.5 Å². The van der Waals surface area contributed by atoms with Crippen LogP contribution < -0.4 is 9.80 Å². The summed E-state index contributed by atoms with van der Waals surface area (Å²) in [6.45, 7) is 5.07. The Kier molecular flexibility index (Phi) is 7.90. The number of hydrogen-bond donors (Lipinski definition) is 0. The molecule has 5 aromatic rings. The fraction of sp³-hybridized carbons (Fsp3) is 0.306. The highest BCUT2D eigenvalue weighted by molar-refractivity contribution is 6.37. The summed E-state index contributed by atoms with van der Waals surface area (Å²) in [6.07, 6.45) is 2.02. The molecule has 7 rings (SSSR count). The van der Waals surface area contributed by atoms with Gasteiger partial charge in [-0.25, -0.2) is 9.37 Å². The summed E-state index contributed by atoms with van der Waals surface area (Å²) in [4.78, 5) is 30.4. The zero-order chi connectivity index (χ0) is 33.7. The van der Waals surface area contributed by atoms with Crippen LogP contribution in [0.2, 0.25) is 5.02 Å². The first-order valence-corrected chi connectivity index (χ1v) is 16.0. The molecule has 2 aromatic heterocycles. The molecular formula is C36H32ClFN8O2. The van der Waals surface area contributed by atoms with Gasteiger partial charge in [0.1, 0.15) is 11.4 Å². The lowest BCUT2D eigenvalue weighted by Gasteiger charge is -2.53. The number of piperazine rings is 1. The summed E-state index contributed by atoms with van der Waals surface area (Å²) in [5.74, 6) is -0.783. The van der Waals surface area contributed by atoms with E-state index in [0.717, 1.165) is 27.3 Å². The maximum Gasteiger partial charge on any atom is 0.282 e. The van der Waals surface area contributed by atoms with Crippen LogP contribution in [0.5, 0.6) is 0 Å². The molecule has 2 saturated heterocycles. The lowest BCUT2D eigenvalue weighted by Crippen LogP contribution is -2.69. The van der Waals surface area contributed by atoms with Crippen LogP contribution in [-0.4, -0.2) is 84.1 Å². The molecule has 2 fully saturated rings. The third-order valence-corrected chi connectivity index (χ3v) is 10.0. The van der Waals surface area contributed by atoms with Crippen molar-refractivity contribution < 1.29 is 13.6 Å². The molecule has 3 aromatic carbocycles. The van der Waals surface area contributed by atoms with E-state index in [1.807, 2.05) is 67.5 Å². The predicted molar refractivity (Wildman–Crippen MR) is 184 cm³/mol. The molecular weight excluding hydrogens is 631 g/mol. The van der Waals surface area contributed by atoms with Gasteiger partial charge in [-0.2, -0.15) is 15.5 Å². The van der Waals surface area contributed by atoms with Crippen molar-refractivity contribution >= 4 is 61.9 Å². The van der Waals surface area contributed by atoms with Crippen LogP contribution >= 0.6 is 11.6 Å². The maximum absolute atomic E-state index is 14.0. The predicted octanol–water partition coefficient (Wildman–Crippen LogP) is 6.30. The minimum Gasteiger partial charge on any atom is -0.463 e. The molecule has 1 atom stereocenters. The highest BCUT2D eigenvalue weighted by Gasteiger charge is 2.46. The Morgan fingerprint density at radius 2 is 1.85 bits per heavy atom. The van der Waals surface area contributed by atoms with Crippen molar-refractivity contribution in [2.75, 3.05) is 56.6 Å². The van der Waals surface area contributed by atoms with Crippen molar-refractivity contribution in [1.29, 1.82) is 10.5 Å². The van der Waals surface area contributed by atoms with Gasteiger partial charge in [0.15, 0.2) is 5.83 Å². The van der Waals surface area contributed by atoms with Crippen LogP contribution in [0.25, 0.3) is 43.8 Å².